The molecule has 0 spiro atoms. The van der Waals surface area contributed by atoms with Crippen LogP contribution in [-0.2, 0) is 0 Å². The number of alkyl halides is 3. The van der Waals surface area contributed by atoms with Crippen molar-refractivity contribution in [3.8, 4) is 5.75 Å². The highest BCUT2D eigenvalue weighted by molar-refractivity contribution is 6.00. The molecule has 0 aliphatic carbocycles. The fourth-order valence-corrected chi connectivity index (χ4v) is 3.58. The van der Waals surface area contributed by atoms with E-state index in [0.717, 1.165) is 19.3 Å². The van der Waals surface area contributed by atoms with Crippen LogP contribution in [0.1, 0.15) is 42.5 Å². The van der Waals surface area contributed by atoms with Gasteiger partial charge in [0.05, 0.1) is 5.56 Å². The highest BCUT2D eigenvalue weighted by atomic mass is 19.4. The minimum Gasteiger partial charge on any atom is -0.405 e. The predicted octanol–water partition coefficient (Wildman–Crippen LogP) is 3.69. The minimum atomic E-state index is -4.79. The molecule has 0 aromatic heterocycles. The maximum Gasteiger partial charge on any atom is 0.573 e. The van der Waals surface area contributed by atoms with Gasteiger partial charge in [-0.25, -0.2) is 0 Å². The lowest BCUT2D eigenvalue weighted by atomic mass is 9.77. The molecule has 22 heavy (non-hydrogen) atoms. The molecule has 2 heterocycles. The maximum atomic E-state index is 12.7. The molecule has 2 fully saturated rings. The molecule has 1 N–H and O–H groups in total. The Kier molecular flexibility index (Phi) is 4.12. The Morgan fingerprint density at radius 2 is 1.77 bits per heavy atom. The van der Waals surface area contributed by atoms with Crippen LogP contribution in [0.4, 0.5) is 13.2 Å². The van der Waals surface area contributed by atoms with Gasteiger partial charge in [0, 0.05) is 18.0 Å². The average molecular weight is 313 g/mol. The number of hydrogen-bond donors (Lipinski definition) is 1. The van der Waals surface area contributed by atoms with E-state index in [4.69, 9.17) is 0 Å². The van der Waals surface area contributed by atoms with Gasteiger partial charge in [-0.3, -0.25) is 4.79 Å². The summed E-state index contributed by atoms with van der Waals surface area (Å²) in [5, 5.41) is 3.48. The number of carbonyl (C=O) groups is 1. The topological polar surface area (TPSA) is 38.3 Å². The summed E-state index contributed by atoms with van der Waals surface area (Å²) in [4.78, 5) is 12.7. The summed E-state index contributed by atoms with van der Waals surface area (Å²) in [6, 6.07) is 6.23. The molecular weight excluding hydrogens is 295 g/mol. The second-order valence-electron chi connectivity index (χ2n) is 6.07. The van der Waals surface area contributed by atoms with Crippen molar-refractivity contribution in [1.82, 2.24) is 5.32 Å². The first-order chi connectivity index (χ1) is 10.4. The predicted molar refractivity (Wildman–Crippen MR) is 74.7 cm³/mol. The maximum absolute atomic E-state index is 12.7. The van der Waals surface area contributed by atoms with Gasteiger partial charge >= 0.3 is 6.36 Å². The molecule has 2 unspecified atom stereocenters. The first-order valence-corrected chi connectivity index (χ1v) is 7.57. The summed E-state index contributed by atoms with van der Waals surface area (Å²) in [5.41, 5.74) is 0.0322. The zero-order valence-electron chi connectivity index (χ0n) is 12.0. The highest BCUT2D eigenvalue weighted by Crippen LogP contribution is 2.34. The van der Waals surface area contributed by atoms with Gasteiger partial charge < -0.3 is 10.1 Å². The van der Waals surface area contributed by atoms with E-state index in [1.807, 2.05) is 0 Å². The Morgan fingerprint density at radius 3 is 2.41 bits per heavy atom. The molecule has 2 atom stereocenters. The summed E-state index contributed by atoms with van der Waals surface area (Å²) in [6.45, 7) is 0. The summed E-state index contributed by atoms with van der Waals surface area (Å²) in [6.07, 6.45) is -0.203. The number of carbonyl (C=O) groups excluding carboxylic acids is 1. The number of para-hydroxylation sites is 1. The van der Waals surface area contributed by atoms with Crippen molar-refractivity contribution in [2.24, 2.45) is 5.92 Å². The van der Waals surface area contributed by atoms with E-state index in [-0.39, 0.29) is 17.3 Å². The van der Waals surface area contributed by atoms with E-state index >= 15 is 0 Å². The Balaban J connectivity index is 1.80. The van der Waals surface area contributed by atoms with Crippen LogP contribution >= 0.6 is 0 Å². The average Bonchev–Trinajstić information content (AvgIpc) is 2.45. The number of hydrogen-bond acceptors (Lipinski definition) is 3. The van der Waals surface area contributed by atoms with Crippen LogP contribution in [0.25, 0.3) is 0 Å². The molecule has 2 aliphatic rings. The SMILES string of the molecule is O=C(c1ccccc1OC(F)(F)F)C1CC2CCCC(C1)N2. The number of ether oxygens (including phenoxy) is 1. The normalized spacial score (nSPS) is 28.2. The van der Waals surface area contributed by atoms with Gasteiger partial charge in [-0.2, -0.15) is 0 Å². The molecule has 120 valence electrons. The molecule has 0 radical (unpaired) electrons. The number of halogens is 3. The van der Waals surface area contributed by atoms with Crippen molar-refractivity contribution < 1.29 is 22.7 Å². The van der Waals surface area contributed by atoms with Gasteiger partial charge in [-0.1, -0.05) is 18.6 Å². The lowest BCUT2D eigenvalue weighted by Crippen LogP contribution is -2.50. The lowest BCUT2D eigenvalue weighted by molar-refractivity contribution is -0.274. The Hall–Kier alpha value is -1.56. The first kappa shape index (κ1) is 15.3. The molecule has 0 saturated carbocycles. The lowest BCUT2D eigenvalue weighted by Gasteiger charge is -2.39. The van der Waals surface area contributed by atoms with Gasteiger partial charge in [-0.15, -0.1) is 13.2 Å². The van der Waals surface area contributed by atoms with Crippen molar-refractivity contribution >= 4 is 5.78 Å². The highest BCUT2D eigenvalue weighted by Gasteiger charge is 2.37. The number of piperidine rings is 2. The van der Waals surface area contributed by atoms with E-state index in [2.05, 4.69) is 10.1 Å². The molecule has 2 bridgehead atoms. The van der Waals surface area contributed by atoms with Crippen LogP contribution in [0.3, 0.4) is 0 Å². The number of fused-ring (bicyclic) bond motifs is 2. The molecular formula is C16H18F3NO2. The second-order valence-corrected chi connectivity index (χ2v) is 6.07. The number of nitrogens with one attached hydrogen (secondary N) is 1. The number of rotatable bonds is 3. The number of benzene rings is 1. The molecule has 1 aromatic rings. The summed E-state index contributed by atoms with van der Waals surface area (Å²) >= 11 is 0. The minimum absolute atomic E-state index is 0.0322. The number of Topliss-reactive ketones (excluding diaryl/α,β-unsaturated/α-hetero) is 1. The second kappa shape index (κ2) is 5.91. The van der Waals surface area contributed by atoms with Gasteiger partial charge in [0.2, 0.25) is 0 Å². The zero-order valence-corrected chi connectivity index (χ0v) is 12.0. The van der Waals surface area contributed by atoms with Crippen LogP contribution in [0, 0.1) is 5.92 Å². The molecule has 2 saturated heterocycles. The fourth-order valence-electron chi connectivity index (χ4n) is 3.58. The molecule has 0 amide bonds. The first-order valence-electron chi connectivity index (χ1n) is 7.57. The van der Waals surface area contributed by atoms with E-state index in [0.29, 0.717) is 24.9 Å². The van der Waals surface area contributed by atoms with Crippen molar-refractivity contribution in [3.63, 3.8) is 0 Å². The third-order valence-corrected chi connectivity index (χ3v) is 4.46. The monoisotopic (exact) mass is 313 g/mol. The van der Waals surface area contributed by atoms with Crippen LogP contribution < -0.4 is 10.1 Å². The Labute approximate surface area is 126 Å². The molecule has 3 rings (SSSR count). The van der Waals surface area contributed by atoms with Crippen LogP contribution in [-0.4, -0.2) is 24.2 Å². The molecule has 6 heteroatoms. The van der Waals surface area contributed by atoms with Crippen molar-refractivity contribution in [2.45, 2.75) is 50.6 Å². The van der Waals surface area contributed by atoms with Crippen LogP contribution in [0.15, 0.2) is 24.3 Å². The zero-order chi connectivity index (χ0) is 15.7. The largest absolute Gasteiger partial charge is 0.573 e. The Morgan fingerprint density at radius 1 is 1.14 bits per heavy atom. The van der Waals surface area contributed by atoms with E-state index < -0.39 is 12.1 Å². The third-order valence-electron chi connectivity index (χ3n) is 4.46. The van der Waals surface area contributed by atoms with E-state index in [1.54, 1.807) is 6.07 Å². The quantitative estimate of drug-likeness (QED) is 0.865. The van der Waals surface area contributed by atoms with Gasteiger partial charge in [0.15, 0.2) is 5.78 Å². The molecule has 1 aromatic carbocycles. The summed E-state index contributed by atoms with van der Waals surface area (Å²) in [5.74, 6) is -0.864. The van der Waals surface area contributed by atoms with Crippen molar-refractivity contribution in [1.29, 1.82) is 0 Å². The van der Waals surface area contributed by atoms with Crippen molar-refractivity contribution in [3.05, 3.63) is 29.8 Å². The standard InChI is InChI=1S/C16H18F3NO2/c17-16(18,19)22-14-7-2-1-6-13(14)15(21)10-8-11-4-3-5-12(9-10)20-11/h1-2,6-7,10-12,20H,3-5,8-9H2. The molecule has 3 nitrogen and oxygen atoms in total. The van der Waals surface area contributed by atoms with Gasteiger partial charge in [-0.05, 0) is 37.8 Å². The third kappa shape index (κ3) is 3.43. The fraction of sp³-hybridized carbons (Fsp3) is 0.562. The number of ketones is 1. The van der Waals surface area contributed by atoms with Gasteiger partial charge in [0.1, 0.15) is 5.75 Å². The summed E-state index contributed by atoms with van der Waals surface area (Å²) in [7, 11) is 0. The summed E-state index contributed by atoms with van der Waals surface area (Å²) < 4.78 is 41.4. The smallest absolute Gasteiger partial charge is 0.405 e. The van der Waals surface area contributed by atoms with E-state index in [9.17, 15) is 18.0 Å². The van der Waals surface area contributed by atoms with E-state index in [1.165, 1.54) is 18.2 Å². The molecule has 2 aliphatic heterocycles. The van der Waals surface area contributed by atoms with Gasteiger partial charge in [0.25, 0.3) is 0 Å². The Bertz CT molecular complexity index is 547. The van der Waals surface area contributed by atoms with Crippen LogP contribution in [0.2, 0.25) is 0 Å². The van der Waals surface area contributed by atoms with Crippen molar-refractivity contribution in [2.75, 3.05) is 0 Å². The van der Waals surface area contributed by atoms with Crippen LogP contribution in [0.5, 0.6) is 5.75 Å².